The summed E-state index contributed by atoms with van der Waals surface area (Å²) in [5, 5.41) is 5.49. The van der Waals surface area contributed by atoms with Crippen LogP contribution in [-0.2, 0) is 9.53 Å². The first-order valence-electron chi connectivity index (χ1n) is 9.44. The molecule has 1 aromatic rings. The molecule has 1 N–H and O–H groups in total. The summed E-state index contributed by atoms with van der Waals surface area (Å²) in [6.07, 6.45) is 4.52. The van der Waals surface area contributed by atoms with Crippen molar-refractivity contribution in [1.29, 1.82) is 0 Å². The van der Waals surface area contributed by atoms with Crippen LogP contribution in [0.4, 0.5) is 5.13 Å². The van der Waals surface area contributed by atoms with Gasteiger partial charge in [0.2, 0.25) is 5.91 Å². The number of aromatic nitrogens is 1. The molecule has 3 aliphatic rings. The van der Waals surface area contributed by atoms with Crippen molar-refractivity contribution < 1.29 is 14.3 Å². The predicted molar refractivity (Wildman–Crippen MR) is 99.4 cm³/mol. The maximum absolute atomic E-state index is 13.3. The van der Waals surface area contributed by atoms with Gasteiger partial charge < -0.3 is 19.9 Å². The van der Waals surface area contributed by atoms with Gasteiger partial charge in [-0.15, -0.1) is 11.3 Å². The van der Waals surface area contributed by atoms with Gasteiger partial charge in [-0.05, 0) is 32.1 Å². The van der Waals surface area contributed by atoms with E-state index in [9.17, 15) is 9.59 Å². The topological polar surface area (TPSA) is 74.8 Å². The van der Waals surface area contributed by atoms with Gasteiger partial charge in [-0.1, -0.05) is 0 Å². The number of carbonyl (C=O) groups excluding carboxylic acids is 2. The van der Waals surface area contributed by atoms with Crippen molar-refractivity contribution >= 4 is 28.3 Å². The molecule has 0 unspecified atom stereocenters. The Labute approximate surface area is 157 Å². The second-order valence-corrected chi connectivity index (χ2v) is 8.35. The Hall–Kier alpha value is -1.67. The quantitative estimate of drug-likeness (QED) is 0.868. The Morgan fingerprint density at radius 2 is 2.15 bits per heavy atom. The summed E-state index contributed by atoms with van der Waals surface area (Å²) in [6.45, 7) is 3.49. The molecule has 1 spiro atoms. The summed E-state index contributed by atoms with van der Waals surface area (Å²) >= 11 is 1.43. The number of hydrogen-bond acceptors (Lipinski definition) is 6. The first kappa shape index (κ1) is 17.7. The molecule has 1 atom stereocenters. The van der Waals surface area contributed by atoms with Crippen LogP contribution in [-0.4, -0.2) is 72.5 Å². The molecule has 0 saturated carbocycles. The van der Waals surface area contributed by atoms with E-state index in [4.69, 9.17) is 4.74 Å². The van der Waals surface area contributed by atoms with Crippen LogP contribution >= 0.6 is 11.3 Å². The molecule has 0 bridgehead atoms. The third-order valence-electron chi connectivity index (χ3n) is 5.98. The van der Waals surface area contributed by atoms with Crippen molar-refractivity contribution in [2.75, 3.05) is 45.2 Å². The molecular formula is C18H26N4O3S. The van der Waals surface area contributed by atoms with E-state index in [1.807, 2.05) is 4.90 Å². The van der Waals surface area contributed by atoms with E-state index in [1.165, 1.54) is 11.3 Å². The molecule has 8 heteroatoms. The first-order valence-corrected chi connectivity index (χ1v) is 10.3. The SMILES string of the molecule is CNc1nc(C(=O)N2CC[C@@]3(CCCN(C4CCOCC4)C3=O)C2)cs1. The maximum Gasteiger partial charge on any atom is 0.273 e. The van der Waals surface area contributed by atoms with Crippen LogP contribution < -0.4 is 5.32 Å². The van der Waals surface area contributed by atoms with Crippen molar-refractivity contribution in [2.45, 2.75) is 38.1 Å². The van der Waals surface area contributed by atoms with Crippen LogP contribution in [0.15, 0.2) is 5.38 Å². The van der Waals surface area contributed by atoms with Crippen LogP contribution in [0.3, 0.4) is 0 Å². The summed E-state index contributed by atoms with van der Waals surface area (Å²) in [6, 6.07) is 0.301. The summed E-state index contributed by atoms with van der Waals surface area (Å²) in [4.78, 5) is 34.3. The zero-order valence-corrected chi connectivity index (χ0v) is 16.0. The van der Waals surface area contributed by atoms with Crippen molar-refractivity contribution in [3.8, 4) is 0 Å². The Bertz CT molecular complexity index is 688. The van der Waals surface area contributed by atoms with Crippen LogP contribution in [0, 0.1) is 5.41 Å². The van der Waals surface area contributed by atoms with Gasteiger partial charge in [0.15, 0.2) is 5.13 Å². The van der Waals surface area contributed by atoms with Crippen molar-refractivity contribution in [1.82, 2.24) is 14.8 Å². The maximum atomic E-state index is 13.3. The number of rotatable bonds is 3. The number of ether oxygens (including phenoxy) is 1. The van der Waals surface area contributed by atoms with E-state index < -0.39 is 5.41 Å². The molecule has 4 rings (SSSR count). The fraction of sp³-hybridized carbons (Fsp3) is 0.722. The largest absolute Gasteiger partial charge is 0.381 e. The number of nitrogens with one attached hydrogen (secondary N) is 1. The summed E-state index contributed by atoms with van der Waals surface area (Å²) in [5.74, 6) is 0.191. The third-order valence-corrected chi connectivity index (χ3v) is 6.84. The molecule has 4 heterocycles. The second kappa shape index (κ2) is 7.15. The fourth-order valence-corrected chi connectivity index (χ4v) is 5.16. The van der Waals surface area contributed by atoms with E-state index in [0.29, 0.717) is 24.8 Å². The lowest BCUT2D eigenvalue weighted by Crippen LogP contribution is -2.55. The van der Waals surface area contributed by atoms with Crippen LogP contribution in [0.5, 0.6) is 0 Å². The predicted octanol–water partition coefficient (Wildman–Crippen LogP) is 1.82. The summed E-state index contributed by atoms with van der Waals surface area (Å²) < 4.78 is 5.45. The minimum atomic E-state index is -0.395. The number of anilines is 1. The zero-order chi connectivity index (χ0) is 18.1. The Morgan fingerprint density at radius 1 is 1.35 bits per heavy atom. The molecule has 0 aromatic carbocycles. The monoisotopic (exact) mass is 378 g/mol. The van der Waals surface area contributed by atoms with Crippen molar-refractivity contribution in [3.05, 3.63) is 11.1 Å². The molecular weight excluding hydrogens is 352 g/mol. The van der Waals surface area contributed by atoms with Crippen LogP contribution in [0.1, 0.15) is 42.6 Å². The van der Waals surface area contributed by atoms with Gasteiger partial charge in [0.05, 0.1) is 5.41 Å². The van der Waals surface area contributed by atoms with Crippen molar-refractivity contribution in [3.63, 3.8) is 0 Å². The number of nitrogens with zero attached hydrogens (tertiary/aromatic N) is 3. The molecule has 0 aliphatic carbocycles. The Morgan fingerprint density at radius 3 is 2.88 bits per heavy atom. The molecule has 1 aromatic heterocycles. The van der Waals surface area contributed by atoms with Gasteiger partial charge in [0, 0.05) is 51.3 Å². The average Bonchev–Trinajstić information content (AvgIpc) is 3.32. The first-order chi connectivity index (χ1) is 12.6. The molecule has 3 aliphatic heterocycles. The molecule has 7 nitrogen and oxygen atoms in total. The van der Waals surface area contributed by atoms with Gasteiger partial charge in [-0.3, -0.25) is 9.59 Å². The molecule has 3 saturated heterocycles. The summed E-state index contributed by atoms with van der Waals surface area (Å²) in [5.41, 5.74) is 0.0783. The van der Waals surface area contributed by atoms with E-state index in [1.54, 1.807) is 12.4 Å². The van der Waals surface area contributed by atoms with E-state index in [-0.39, 0.29) is 11.8 Å². The number of likely N-dealkylation sites (tertiary alicyclic amines) is 2. The number of carbonyl (C=O) groups is 2. The van der Waals surface area contributed by atoms with Gasteiger partial charge in [0.25, 0.3) is 5.91 Å². The number of amides is 2. The van der Waals surface area contributed by atoms with E-state index >= 15 is 0 Å². The lowest BCUT2D eigenvalue weighted by atomic mass is 9.77. The Kier molecular flexibility index (Phi) is 4.88. The van der Waals surface area contributed by atoms with Crippen LogP contribution in [0.25, 0.3) is 0 Å². The molecule has 26 heavy (non-hydrogen) atoms. The third kappa shape index (κ3) is 3.09. The average molecular weight is 378 g/mol. The highest BCUT2D eigenvalue weighted by Crippen LogP contribution is 2.41. The van der Waals surface area contributed by atoms with E-state index in [2.05, 4.69) is 15.2 Å². The highest BCUT2D eigenvalue weighted by molar-refractivity contribution is 7.13. The Balaban J connectivity index is 1.47. The molecule has 142 valence electrons. The highest BCUT2D eigenvalue weighted by Gasteiger charge is 2.50. The second-order valence-electron chi connectivity index (χ2n) is 7.49. The zero-order valence-electron chi connectivity index (χ0n) is 15.2. The number of piperidine rings is 1. The smallest absolute Gasteiger partial charge is 0.273 e. The van der Waals surface area contributed by atoms with Gasteiger partial charge in [0.1, 0.15) is 5.69 Å². The van der Waals surface area contributed by atoms with Gasteiger partial charge in [-0.25, -0.2) is 4.98 Å². The highest BCUT2D eigenvalue weighted by atomic mass is 32.1. The minimum Gasteiger partial charge on any atom is -0.381 e. The molecule has 3 fully saturated rings. The van der Waals surface area contributed by atoms with Gasteiger partial charge in [-0.2, -0.15) is 0 Å². The van der Waals surface area contributed by atoms with E-state index in [0.717, 1.165) is 57.0 Å². The molecule has 2 amide bonds. The van der Waals surface area contributed by atoms with Crippen LogP contribution in [0.2, 0.25) is 0 Å². The normalized spacial score (nSPS) is 27.3. The number of hydrogen-bond donors (Lipinski definition) is 1. The van der Waals surface area contributed by atoms with Gasteiger partial charge >= 0.3 is 0 Å². The fourth-order valence-electron chi connectivity index (χ4n) is 4.52. The number of thiazole rings is 1. The lowest BCUT2D eigenvalue weighted by molar-refractivity contribution is -0.150. The molecule has 0 radical (unpaired) electrons. The minimum absolute atomic E-state index is 0.0596. The van der Waals surface area contributed by atoms with Crippen molar-refractivity contribution in [2.24, 2.45) is 5.41 Å². The summed E-state index contributed by atoms with van der Waals surface area (Å²) in [7, 11) is 1.80. The lowest BCUT2D eigenvalue weighted by Gasteiger charge is -2.44. The standard InChI is InChI=1S/C18H26N4O3S/c1-19-17-20-14(11-26-17)15(23)21-8-6-18(12-21)5-2-7-22(16(18)24)13-3-9-25-10-4-13/h11,13H,2-10,12H2,1H3,(H,19,20)/t18-/m0/s1.